The molecule has 0 aromatic rings. The summed E-state index contributed by atoms with van der Waals surface area (Å²) in [6.45, 7) is 6.69. The van der Waals surface area contributed by atoms with Crippen LogP contribution in [-0.2, 0) is 9.53 Å². The minimum Gasteiger partial charge on any atom is -0.426 e. The molecule has 1 aliphatic rings. The van der Waals surface area contributed by atoms with Crippen LogP contribution in [0.1, 0.15) is 33.6 Å². The second-order valence-electron chi connectivity index (χ2n) is 5.25. The summed E-state index contributed by atoms with van der Waals surface area (Å²) in [7, 11) is 3.72. The second-order valence-corrected chi connectivity index (χ2v) is 5.25. The fourth-order valence-electron chi connectivity index (χ4n) is 1.93. The molecule has 1 aliphatic carbocycles. The third-order valence-corrected chi connectivity index (χ3v) is 2.85. The molecule has 0 spiro atoms. The van der Waals surface area contributed by atoms with Gasteiger partial charge in [0.15, 0.2) is 0 Å². The van der Waals surface area contributed by atoms with Gasteiger partial charge in [-0.1, -0.05) is 19.4 Å². The second kappa shape index (κ2) is 7.59. The Bertz CT molecular complexity index is 357. The van der Waals surface area contributed by atoms with Crippen molar-refractivity contribution in [2.75, 3.05) is 20.6 Å². The van der Waals surface area contributed by atoms with Gasteiger partial charge >= 0.3 is 5.97 Å². The molecule has 104 valence electrons. The van der Waals surface area contributed by atoms with E-state index in [2.05, 4.69) is 20.8 Å². The number of likely N-dealkylation sites (N-methyl/N-ethyl adjacent to an activating group) is 1. The van der Waals surface area contributed by atoms with Crippen molar-refractivity contribution in [3.8, 4) is 0 Å². The smallest absolute Gasteiger partial charge is 0.325 e. The summed E-state index contributed by atoms with van der Waals surface area (Å²) in [4.78, 5) is 13.5. The van der Waals surface area contributed by atoms with Gasteiger partial charge in [0, 0.05) is 0 Å². The minimum atomic E-state index is -0.186. The maximum atomic E-state index is 11.7. The maximum Gasteiger partial charge on any atom is 0.325 e. The first kappa shape index (κ1) is 17.2. The van der Waals surface area contributed by atoms with Gasteiger partial charge in [0.05, 0.1) is 6.54 Å². The highest BCUT2D eigenvalue weighted by molar-refractivity contribution is 5.85. The van der Waals surface area contributed by atoms with Crippen molar-refractivity contribution >= 4 is 18.4 Å². The summed E-state index contributed by atoms with van der Waals surface area (Å²) in [6, 6.07) is 0. The minimum absolute atomic E-state index is 0. The van der Waals surface area contributed by atoms with Gasteiger partial charge in [-0.25, -0.2) is 0 Å². The monoisotopic (exact) mass is 273 g/mol. The number of halogens is 1. The van der Waals surface area contributed by atoms with E-state index >= 15 is 0 Å². The zero-order chi connectivity index (χ0) is 13.0. The predicted octanol–water partition coefficient (Wildman–Crippen LogP) is 3.16. The molecule has 0 radical (unpaired) electrons. The molecule has 0 bridgehead atoms. The number of hydrogen-bond acceptors (Lipinski definition) is 3. The molecule has 0 aliphatic heterocycles. The molecule has 1 rings (SSSR count). The van der Waals surface area contributed by atoms with Crippen molar-refractivity contribution in [3.63, 3.8) is 0 Å². The van der Waals surface area contributed by atoms with Gasteiger partial charge < -0.3 is 4.74 Å². The molecule has 0 saturated heterocycles. The summed E-state index contributed by atoms with van der Waals surface area (Å²) in [6.07, 6.45) is 4.08. The third-order valence-electron chi connectivity index (χ3n) is 2.85. The van der Waals surface area contributed by atoms with Crippen LogP contribution in [0.3, 0.4) is 0 Å². The van der Waals surface area contributed by atoms with E-state index in [4.69, 9.17) is 4.74 Å². The van der Waals surface area contributed by atoms with Crippen LogP contribution in [0.4, 0.5) is 0 Å². The number of carbonyl (C=O) groups is 1. The Kier molecular flexibility index (Phi) is 7.26. The molecular formula is C14H24ClNO2. The average Bonchev–Trinajstić information content (AvgIpc) is 2.15. The lowest BCUT2D eigenvalue weighted by atomic mass is 9.90. The van der Waals surface area contributed by atoms with E-state index in [0.717, 1.165) is 18.6 Å². The highest BCUT2D eigenvalue weighted by Crippen LogP contribution is 2.29. The predicted molar refractivity (Wildman–Crippen MR) is 76.7 cm³/mol. The van der Waals surface area contributed by atoms with Crippen LogP contribution in [0.15, 0.2) is 23.0 Å². The van der Waals surface area contributed by atoms with E-state index in [-0.39, 0.29) is 18.4 Å². The normalized spacial score (nSPS) is 15.6. The zero-order valence-corrected chi connectivity index (χ0v) is 12.8. The van der Waals surface area contributed by atoms with E-state index in [1.165, 1.54) is 11.1 Å². The molecule has 0 saturated carbocycles. The largest absolute Gasteiger partial charge is 0.426 e. The maximum absolute atomic E-state index is 11.7. The molecule has 0 aromatic heterocycles. The van der Waals surface area contributed by atoms with Crippen molar-refractivity contribution in [2.24, 2.45) is 5.92 Å². The van der Waals surface area contributed by atoms with Gasteiger partial charge in [-0.05, 0) is 51.4 Å². The number of allylic oxidation sites excluding steroid dienone is 3. The Balaban J connectivity index is 0.00000289. The van der Waals surface area contributed by atoms with Crippen LogP contribution in [0.2, 0.25) is 0 Å². The summed E-state index contributed by atoms with van der Waals surface area (Å²) >= 11 is 0. The third kappa shape index (κ3) is 5.23. The molecule has 18 heavy (non-hydrogen) atoms. The fraction of sp³-hybridized carbons (Fsp3) is 0.643. The number of ether oxygens (including phenoxy) is 1. The number of carbonyl (C=O) groups excluding carboxylic acids is 1. The lowest BCUT2D eigenvalue weighted by Gasteiger charge is -2.21. The van der Waals surface area contributed by atoms with E-state index < -0.39 is 0 Å². The summed E-state index contributed by atoms with van der Waals surface area (Å²) < 4.78 is 5.47. The van der Waals surface area contributed by atoms with E-state index in [0.29, 0.717) is 12.5 Å². The van der Waals surface area contributed by atoms with Gasteiger partial charge in [-0.3, -0.25) is 9.69 Å². The summed E-state index contributed by atoms with van der Waals surface area (Å²) in [5.41, 5.74) is 2.53. The SMILES string of the molecule is CC1=CC(OC(=O)CN(C)C)=C(C(C)C)CC1.Cl. The Hall–Kier alpha value is -0.800. The van der Waals surface area contributed by atoms with Gasteiger partial charge in [-0.15, -0.1) is 12.4 Å². The standard InChI is InChI=1S/C14H23NO2.ClH/c1-10(2)12-7-6-11(3)8-13(12)17-14(16)9-15(4)5;/h8,10H,6-7,9H2,1-5H3;1H. The number of hydrogen-bond donors (Lipinski definition) is 0. The van der Waals surface area contributed by atoms with E-state index in [9.17, 15) is 4.79 Å². The number of esters is 1. The first-order chi connectivity index (χ1) is 7.90. The molecule has 0 amide bonds. The van der Waals surface area contributed by atoms with Crippen molar-refractivity contribution < 1.29 is 9.53 Å². The Morgan fingerprint density at radius 3 is 2.50 bits per heavy atom. The lowest BCUT2D eigenvalue weighted by molar-refractivity contribution is -0.139. The van der Waals surface area contributed by atoms with Crippen LogP contribution < -0.4 is 0 Å². The van der Waals surface area contributed by atoms with Crippen molar-refractivity contribution in [2.45, 2.75) is 33.6 Å². The summed E-state index contributed by atoms with van der Waals surface area (Å²) in [5.74, 6) is 1.02. The fourth-order valence-corrected chi connectivity index (χ4v) is 1.93. The topological polar surface area (TPSA) is 29.5 Å². The van der Waals surface area contributed by atoms with E-state index in [1.807, 2.05) is 25.1 Å². The summed E-state index contributed by atoms with van der Waals surface area (Å²) in [5, 5.41) is 0. The lowest BCUT2D eigenvalue weighted by Crippen LogP contribution is -2.24. The number of nitrogens with zero attached hydrogens (tertiary/aromatic N) is 1. The average molecular weight is 274 g/mol. The first-order valence-electron chi connectivity index (χ1n) is 6.15. The Morgan fingerprint density at radius 1 is 1.39 bits per heavy atom. The Labute approximate surface area is 116 Å². The molecular weight excluding hydrogens is 250 g/mol. The van der Waals surface area contributed by atoms with Gasteiger partial charge in [-0.2, -0.15) is 0 Å². The molecule has 0 N–H and O–H groups in total. The van der Waals surface area contributed by atoms with Crippen LogP contribution in [0, 0.1) is 5.92 Å². The quantitative estimate of drug-likeness (QED) is 0.737. The van der Waals surface area contributed by atoms with Crippen LogP contribution in [0.25, 0.3) is 0 Å². The van der Waals surface area contributed by atoms with Crippen molar-refractivity contribution in [3.05, 3.63) is 23.0 Å². The van der Waals surface area contributed by atoms with Gasteiger partial charge in [0.25, 0.3) is 0 Å². The van der Waals surface area contributed by atoms with Crippen molar-refractivity contribution in [1.82, 2.24) is 4.90 Å². The molecule has 4 heteroatoms. The molecule has 0 heterocycles. The molecule has 0 atom stereocenters. The first-order valence-corrected chi connectivity index (χ1v) is 6.15. The number of rotatable bonds is 4. The highest BCUT2D eigenvalue weighted by Gasteiger charge is 2.18. The molecule has 0 unspecified atom stereocenters. The Morgan fingerprint density at radius 2 is 2.00 bits per heavy atom. The van der Waals surface area contributed by atoms with Gasteiger partial charge in [0.1, 0.15) is 5.76 Å². The highest BCUT2D eigenvalue weighted by atomic mass is 35.5. The zero-order valence-electron chi connectivity index (χ0n) is 11.9. The molecule has 0 aromatic carbocycles. The van der Waals surface area contributed by atoms with Crippen LogP contribution in [-0.4, -0.2) is 31.5 Å². The van der Waals surface area contributed by atoms with E-state index in [1.54, 1.807) is 0 Å². The van der Waals surface area contributed by atoms with Crippen molar-refractivity contribution in [1.29, 1.82) is 0 Å². The van der Waals surface area contributed by atoms with Crippen LogP contribution >= 0.6 is 12.4 Å². The molecule has 0 fully saturated rings. The van der Waals surface area contributed by atoms with Gasteiger partial charge in [0.2, 0.25) is 0 Å². The van der Waals surface area contributed by atoms with Crippen LogP contribution in [0.5, 0.6) is 0 Å². The molecule has 3 nitrogen and oxygen atoms in total.